The molecule has 2 rings (SSSR count). The smallest absolute Gasteiger partial charge is 1.00 e. The van der Waals surface area contributed by atoms with Gasteiger partial charge in [0.2, 0.25) is 0 Å². The minimum atomic E-state index is 0. The van der Waals surface area contributed by atoms with E-state index in [2.05, 4.69) is 4.98 Å². The Morgan fingerprint density at radius 2 is 1.64 bits per heavy atom. The molecule has 0 saturated carbocycles. The largest absolute Gasteiger partial charge is 2.00 e. The summed E-state index contributed by atoms with van der Waals surface area (Å²) in [4.78, 5) is 4.03. The number of halogens is 2. The van der Waals surface area contributed by atoms with Crippen molar-refractivity contribution in [3.63, 3.8) is 0 Å². The third kappa shape index (κ3) is 2.78. The van der Waals surface area contributed by atoms with E-state index in [9.17, 15) is 5.11 Å². The van der Waals surface area contributed by atoms with Crippen molar-refractivity contribution < 1.29 is 14.5 Å². The molecule has 0 atom stereocenters. The average Bonchev–Trinajstić information content (AvgIpc) is 2.06. The van der Waals surface area contributed by atoms with Gasteiger partial charge in [0.1, 0.15) is 11.3 Å². The van der Waals surface area contributed by atoms with E-state index in [1.54, 1.807) is 18.3 Å². The molecular weight excluding hydrogens is 200 g/mol. The molecule has 0 aliphatic rings. The first-order chi connectivity index (χ1) is 5.38. The molecular formula is C9H7F2MgNO. The Balaban J connectivity index is 0. The van der Waals surface area contributed by atoms with Gasteiger partial charge in [-0.25, -0.2) is 0 Å². The molecule has 5 heteroatoms. The summed E-state index contributed by atoms with van der Waals surface area (Å²) in [5.74, 6) is 0.239. The number of hydrogen-bond donors (Lipinski definition) is 1. The Hall–Kier alpha value is -0.944. The second kappa shape index (κ2) is 6.50. The van der Waals surface area contributed by atoms with Crippen molar-refractivity contribution in [1.29, 1.82) is 0 Å². The zero-order valence-corrected chi connectivity index (χ0v) is 8.74. The van der Waals surface area contributed by atoms with Gasteiger partial charge in [0.15, 0.2) is 0 Å². The van der Waals surface area contributed by atoms with E-state index < -0.39 is 0 Å². The predicted octanol–water partition coefficient (Wildman–Crippen LogP) is -4.43. The quantitative estimate of drug-likeness (QED) is 0.443. The van der Waals surface area contributed by atoms with Gasteiger partial charge in [-0.15, -0.1) is 0 Å². The molecule has 0 aliphatic heterocycles. The second-order valence-corrected chi connectivity index (χ2v) is 2.35. The fourth-order valence-corrected chi connectivity index (χ4v) is 1.09. The summed E-state index contributed by atoms with van der Waals surface area (Å²) in [6.07, 6.45) is 1.67. The summed E-state index contributed by atoms with van der Waals surface area (Å²) in [6, 6.07) is 9.13. The van der Waals surface area contributed by atoms with E-state index in [-0.39, 0.29) is 38.2 Å². The van der Waals surface area contributed by atoms with Gasteiger partial charge in [-0.3, -0.25) is 4.98 Å². The minimum absolute atomic E-state index is 0. The molecule has 0 unspecified atom stereocenters. The van der Waals surface area contributed by atoms with Gasteiger partial charge in [0.25, 0.3) is 0 Å². The van der Waals surface area contributed by atoms with Crippen LogP contribution in [0.4, 0.5) is 0 Å². The van der Waals surface area contributed by atoms with Crippen LogP contribution >= 0.6 is 0 Å². The first kappa shape index (κ1) is 15.5. The van der Waals surface area contributed by atoms with E-state index in [1.807, 2.05) is 18.2 Å². The third-order valence-electron chi connectivity index (χ3n) is 1.61. The van der Waals surface area contributed by atoms with E-state index >= 15 is 0 Å². The van der Waals surface area contributed by atoms with Crippen LogP contribution in [0.1, 0.15) is 0 Å². The molecule has 2 nitrogen and oxygen atoms in total. The first-order valence-electron chi connectivity index (χ1n) is 3.40. The SMILES string of the molecule is Oc1cccc2cccnc12.[F-].[F-].[Mg+2]. The third-order valence-corrected chi connectivity index (χ3v) is 1.61. The van der Waals surface area contributed by atoms with Crippen LogP contribution in [0.5, 0.6) is 5.75 Å². The fraction of sp³-hybridized carbons (Fsp3) is 0. The normalized spacial score (nSPS) is 8.00. The van der Waals surface area contributed by atoms with Crippen LogP contribution in [0.25, 0.3) is 10.9 Å². The number of nitrogens with zero attached hydrogens (tertiary/aromatic N) is 1. The van der Waals surface area contributed by atoms with Gasteiger partial charge in [0.05, 0.1) is 0 Å². The van der Waals surface area contributed by atoms with Gasteiger partial charge in [-0.05, 0) is 12.1 Å². The molecule has 0 spiro atoms. The summed E-state index contributed by atoms with van der Waals surface area (Å²) in [5, 5.41) is 10.3. The second-order valence-electron chi connectivity index (χ2n) is 2.35. The molecule has 1 N–H and O–H groups in total. The topological polar surface area (TPSA) is 33.1 Å². The Morgan fingerprint density at radius 1 is 1.00 bits per heavy atom. The van der Waals surface area contributed by atoms with Gasteiger partial charge in [-0.2, -0.15) is 0 Å². The van der Waals surface area contributed by atoms with E-state index in [1.165, 1.54) is 0 Å². The fourth-order valence-electron chi connectivity index (χ4n) is 1.09. The zero-order chi connectivity index (χ0) is 7.68. The molecule has 0 saturated heterocycles. The van der Waals surface area contributed by atoms with Gasteiger partial charge in [-0.1, -0.05) is 18.2 Å². The maximum atomic E-state index is 9.31. The molecule has 1 aromatic heterocycles. The molecule has 1 aromatic carbocycles. The predicted molar refractivity (Wildman–Crippen MR) is 49.2 cm³/mol. The number of phenolic OH excluding ortho intramolecular Hbond substituents is 1. The van der Waals surface area contributed by atoms with Crippen molar-refractivity contribution in [3.05, 3.63) is 36.5 Å². The Bertz CT molecular complexity index is 392. The van der Waals surface area contributed by atoms with Crippen LogP contribution in [-0.2, 0) is 0 Å². The van der Waals surface area contributed by atoms with Gasteiger partial charge in [0, 0.05) is 11.6 Å². The van der Waals surface area contributed by atoms with Gasteiger partial charge >= 0.3 is 23.1 Å². The number of aromatic nitrogens is 1. The van der Waals surface area contributed by atoms with Crippen molar-refractivity contribution in [3.8, 4) is 5.75 Å². The summed E-state index contributed by atoms with van der Waals surface area (Å²) in [6.45, 7) is 0. The molecule has 2 aromatic rings. The van der Waals surface area contributed by atoms with Gasteiger partial charge < -0.3 is 14.5 Å². The van der Waals surface area contributed by atoms with Crippen molar-refractivity contribution in [2.75, 3.05) is 0 Å². The Labute approximate surface area is 95.9 Å². The van der Waals surface area contributed by atoms with Crippen molar-refractivity contribution in [2.24, 2.45) is 0 Å². The molecule has 0 bridgehead atoms. The maximum absolute atomic E-state index is 9.31. The Morgan fingerprint density at radius 3 is 2.29 bits per heavy atom. The van der Waals surface area contributed by atoms with Crippen LogP contribution in [0.3, 0.4) is 0 Å². The summed E-state index contributed by atoms with van der Waals surface area (Å²) >= 11 is 0. The summed E-state index contributed by atoms with van der Waals surface area (Å²) < 4.78 is 0. The van der Waals surface area contributed by atoms with Crippen LogP contribution in [0.2, 0.25) is 0 Å². The average molecular weight is 207 g/mol. The number of phenols is 1. The minimum Gasteiger partial charge on any atom is -1.00 e. The summed E-state index contributed by atoms with van der Waals surface area (Å²) in [7, 11) is 0. The van der Waals surface area contributed by atoms with E-state index in [0.717, 1.165) is 5.39 Å². The van der Waals surface area contributed by atoms with E-state index in [4.69, 9.17) is 0 Å². The Kier molecular flexibility index (Phi) is 7.21. The van der Waals surface area contributed by atoms with Crippen molar-refractivity contribution in [2.45, 2.75) is 0 Å². The monoisotopic (exact) mass is 207 g/mol. The van der Waals surface area contributed by atoms with Crippen molar-refractivity contribution >= 4 is 34.0 Å². The molecule has 14 heavy (non-hydrogen) atoms. The molecule has 0 fully saturated rings. The van der Waals surface area contributed by atoms with Crippen LogP contribution in [-0.4, -0.2) is 33.1 Å². The standard InChI is InChI=1S/C9H7NO.2FH.Mg/c11-8-5-1-3-7-4-2-6-10-9(7)8;;;/h1-6,11H;2*1H;/q;;;+2/p-2. The molecule has 0 aliphatic carbocycles. The number of fused-ring (bicyclic) bond motifs is 1. The molecule has 1 heterocycles. The molecule has 70 valence electrons. The van der Waals surface area contributed by atoms with E-state index in [0.29, 0.717) is 5.52 Å². The number of rotatable bonds is 0. The number of hydrogen-bond acceptors (Lipinski definition) is 2. The number of pyridine rings is 1. The number of aromatic hydroxyl groups is 1. The van der Waals surface area contributed by atoms with Crippen LogP contribution in [0.15, 0.2) is 36.5 Å². The molecule has 0 radical (unpaired) electrons. The maximum Gasteiger partial charge on any atom is 2.00 e. The van der Waals surface area contributed by atoms with Crippen LogP contribution < -0.4 is 9.41 Å². The first-order valence-corrected chi connectivity index (χ1v) is 3.40. The molecule has 0 amide bonds. The number of para-hydroxylation sites is 1. The van der Waals surface area contributed by atoms with Crippen LogP contribution in [0, 0.1) is 0 Å². The number of benzene rings is 1. The zero-order valence-electron chi connectivity index (χ0n) is 7.32. The summed E-state index contributed by atoms with van der Waals surface area (Å²) in [5.41, 5.74) is 0.662. The van der Waals surface area contributed by atoms with Crippen molar-refractivity contribution in [1.82, 2.24) is 4.98 Å².